The highest BCUT2D eigenvalue weighted by molar-refractivity contribution is 5.91. The summed E-state index contributed by atoms with van der Waals surface area (Å²) in [4.78, 5) is 10.8. The van der Waals surface area contributed by atoms with Crippen LogP contribution < -0.4 is 4.74 Å². The van der Waals surface area contributed by atoms with E-state index in [0.29, 0.717) is 13.2 Å². The molecule has 0 heterocycles. The molecule has 0 atom stereocenters. The van der Waals surface area contributed by atoms with Gasteiger partial charge in [-0.2, -0.15) is 0 Å². The van der Waals surface area contributed by atoms with Crippen molar-refractivity contribution >= 4 is 11.9 Å². The molecule has 0 saturated carbocycles. The van der Waals surface area contributed by atoms with Gasteiger partial charge in [-0.3, -0.25) is 4.79 Å². The van der Waals surface area contributed by atoms with Crippen LogP contribution in [0, 0.1) is 0 Å². The SMILES string of the molecule is COCCOCOc1ccc(C=CC(C)=O)cc1. The molecule has 0 unspecified atom stereocenters. The molecule has 0 aliphatic heterocycles. The Hall–Kier alpha value is -1.65. The van der Waals surface area contributed by atoms with Gasteiger partial charge >= 0.3 is 0 Å². The Kier molecular flexibility index (Phi) is 6.76. The van der Waals surface area contributed by atoms with Crippen LogP contribution in [-0.4, -0.2) is 32.9 Å². The van der Waals surface area contributed by atoms with E-state index >= 15 is 0 Å². The van der Waals surface area contributed by atoms with Crippen molar-refractivity contribution in [1.82, 2.24) is 0 Å². The van der Waals surface area contributed by atoms with E-state index in [1.54, 1.807) is 13.2 Å². The fourth-order valence-corrected chi connectivity index (χ4v) is 1.20. The third-order valence-electron chi connectivity index (χ3n) is 2.13. The van der Waals surface area contributed by atoms with Gasteiger partial charge in [-0.25, -0.2) is 0 Å². The zero-order valence-corrected chi connectivity index (χ0v) is 10.7. The lowest BCUT2D eigenvalue weighted by molar-refractivity contribution is -0.112. The third-order valence-corrected chi connectivity index (χ3v) is 2.13. The second kappa shape index (κ2) is 8.44. The van der Waals surface area contributed by atoms with Crippen LogP contribution >= 0.6 is 0 Å². The van der Waals surface area contributed by atoms with Crippen molar-refractivity contribution in [2.45, 2.75) is 6.92 Å². The van der Waals surface area contributed by atoms with Crippen LogP contribution in [0.1, 0.15) is 12.5 Å². The topological polar surface area (TPSA) is 44.8 Å². The number of benzene rings is 1. The molecular weight excluding hydrogens is 232 g/mol. The number of ketones is 1. The molecule has 98 valence electrons. The Bertz CT molecular complexity index is 381. The first-order chi connectivity index (χ1) is 8.72. The summed E-state index contributed by atoms with van der Waals surface area (Å²) in [5.74, 6) is 0.759. The van der Waals surface area contributed by atoms with E-state index in [2.05, 4.69) is 0 Å². The summed E-state index contributed by atoms with van der Waals surface area (Å²) < 4.78 is 15.4. The van der Waals surface area contributed by atoms with Gasteiger partial charge in [0, 0.05) is 7.11 Å². The monoisotopic (exact) mass is 250 g/mol. The van der Waals surface area contributed by atoms with E-state index in [0.717, 1.165) is 11.3 Å². The van der Waals surface area contributed by atoms with E-state index in [4.69, 9.17) is 14.2 Å². The molecule has 0 aliphatic rings. The van der Waals surface area contributed by atoms with Crippen LogP contribution in [0.2, 0.25) is 0 Å². The van der Waals surface area contributed by atoms with Gasteiger partial charge in [0.15, 0.2) is 12.6 Å². The van der Waals surface area contributed by atoms with Crippen LogP contribution in [-0.2, 0) is 14.3 Å². The molecule has 0 fully saturated rings. The van der Waals surface area contributed by atoms with Crippen molar-refractivity contribution in [2.75, 3.05) is 27.1 Å². The maximum Gasteiger partial charge on any atom is 0.189 e. The number of carbonyl (C=O) groups excluding carboxylic acids is 1. The molecule has 1 aromatic carbocycles. The van der Waals surface area contributed by atoms with Crippen molar-refractivity contribution in [1.29, 1.82) is 0 Å². The number of ether oxygens (including phenoxy) is 3. The normalized spacial score (nSPS) is 10.8. The maximum atomic E-state index is 10.8. The molecule has 18 heavy (non-hydrogen) atoms. The molecule has 4 heteroatoms. The van der Waals surface area contributed by atoms with Crippen molar-refractivity contribution in [3.8, 4) is 5.75 Å². The summed E-state index contributed by atoms with van der Waals surface area (Å²) in [5.41, 5.74) is 0.956. The number of methoxy groups -OCH3 is 1. The zero-order valence-electron chi connectivity index (χ0n) is 10.7. The summed E-state index contributed by atoms with van der Waals surface area (Å²) in [6.45, 7) is 2.78. The first-order valence-corrected chi connectivity index (χ1v) is 5.70. The maximum absolute atomic E-state index is 10.8. The molecule has 1 aromatic rings. The summed E-state index contributed by atoms with van der Waals surface area (Å²) >= 11 is 0. The van der Waals surface area contributed by atoms with Gasteiger partial charge in [0.2, 0.25) is 0 Å². The molecule has 0 aliphatic carbocycles. The van der Waals surface area contributed by atoms with E-state index < -0.39 is 0 Å². The van der Waals surface area contributed by atoms with Crippen LogP contribution in [0.3, 0.4) is 0 Å². The van der Waals surface area contributed by atoms with Crippen LogP contribution in [0.15, 0.2) is 30.3 Å². The highest BCUT2D eigenvalue weighted by Crippen LogP contribution is 2.13. The summed E-state index contributed by atoms with van der Waals surface area (Å²) in [6, 6.07) is 7.42. The van der Waals surface area contributed by atoms with E-state index in [1.165, 1.54) is 13.0 Å². The average molecular weight is 250 g/mol. The smallest absolute Gasteiger partial charge is 0.189 e. The fourth-order valence-electron chi connectivity index (χ4n) is 1.20. The largest absolute Gasteiger partial charge is 0.468 e. The number of hydrogen-bond acceptors (Lipinski definition) is 4. The first kappa shape index (κ1) is 14.4. The molecule has 0 saturated heterocycles. The highest BCUT2D eigenvalue weighted by Gasteiger charge is 1.94. The van der Waals surface area contributed by atoms with Crippen molar-refractivity contribution in [2.24, 2.45) is 0 Å². The minimum atomic E-state index is 0.0295. The lowest BCUT2D eigenvalue weighted by Gasteiger charge is -2.06. The lowest BCUT2D eigenvalue weighted by atomic mass is 10.2. The lowest BCUT2D eigenvalue weighted by Crippen LogP contribution is -2.07. The zero-order chi connectivity index (χ0) is 13.2. The average Bonchev–Trinajstić information content (AvgIpc) is 2.37. The Morgan fingerprint density at radius 3 is 2.56 bits per heavy atom. The summed E-state index contributed by atoms with van der Waals surface area (Å²) in [6.07, 6.45) is 3.30. The molecule has 0 N–H and O–H groups in total. The molecule has 0 radical (unpaired) electrons. The third kappa shape index (κ3) is 6.18. The minimum absolute atomic E-state index is 0.0295. The predicted molar refractivity (Wildman–Crippen MR) is 69.5 cm³/mol. The van der Waals surface area contributed by atoms with Crippen LogP contribution in [0.25, 0.3) is 6.08 Å². The fraction of sp³-hybridized carbons (Fsp3) is 0.357. The van der Waals surface area contributed by atoms with Crippen molar-refractivity contribution in [3.05, 3.63) is 35.9 Å². The molecule has 0 bridgehead atoms. The van der Waals surface area contributed by atoms with Crippen molar-refractivity contribution in [3.63, 3.8) is 0 Å². The van der Waals surface area contributed by atoms with Crippen molar-refractivity contribution < 1.29 is 19.0 Å². The van der Waals surface area contributed by atoms with Gasteiger partial charge in [-0.05, 0) is 30.7 Å². The van der Waals surface area contributed by atoms with Gasteiger partial charge in [-0.1, -0.05) is 18.2 Å². The van der Waals surface area contributed by atoms with Gasteiger partial charge in [0.1, 0.15) is 5.75 Å². The quantitative estimate of drug-likeness (QED) is 0.403. The number of allylic oxidation sites excluding steroid dienone is 1. The van der Waals surface area contributed by atoms with E-state index in [-0.39, 0.29) is 12.6 Å². The van der Waals surface area contributed by atoms with Gasteiger partial charge < -0.3 is 14.2 Å². The highest BCUT2D eigenvalue weighted by atomic mass is 16.7. The minimum Gasteiger partial charge on any atom is -0.468 e. The number of carbonyl (C=O) groups is 1. The van der Waals surface area contributed by atoms with Gasteiger partial charge in [0.25, 0.3) is 0 Å². The number of hydrogen-bond donors (Lipinski definition) is 0. The van der Waals surface area contributed by atoms with Crippen LogP contribution in [0.4, 0.5) is 0 Å². The van der Waals surface area contributed by atoms with E-state index in [9.17, 15) is 4.79 Å². The second-order valence-electron chi connectivity index (χ2n) is 3.68. The van der Waals surface area contributed by atoms with E-state index in [1.807, 2.05) is 24.3 Å². The molecular formula is C14H18O4. The molecule has 0 spiro atoms. The second-order valence-corrected chi connectivity index (χ2v) is 3.68. The predicted octanol–water partition coefficient (Wildman–Crippen LogP) is 2.29. The Labute approximate surface area is 107 Å². The Balaban J connectivity index is 2.34. The van der Waals surface area contributed by atoms with Crippen LogP contribution in [0.5, 0.6) is 5.75 Å². The molecule has 0 aromatic heterocycles. The molecule has 0 amide bonds. The Morgan fingerprint density at radius 1 is 1.22 bits per heavy atom. The molecule has 4 nitrogen and oxygen atoms in total. The number of rotatable bonds is 8. The van der Waals surface area contributed by atoms with Gasteiger partial charge in [-0.15, -0.1) is 0 Å². The molecule has 1 rings (SSSR count). The first-order valence-electron chi connectivity index (χ1n) is 5.70. The summed E-state index contributed by atoms with van der Waals surface area (Å²) in [7, 11) is 1.62. The van der Waals surface area contributed by atoms with Gasteiger partial charge in [0.05, 0.1) is 13.2 Å². The summed E-state index contributed by atoms with van der Waals surface area (Å²) in [5, 5.41) is 0. The standard InChI is InChI=1S/C14H18O4/c1-12(15)3-4-13-5-7-14(8-6-13)18-11-17-10-9-16-2/h3-8H,9-11H2,1-2H3. The Morgan fingerprint density at radius 2 is 1.94 bits per heavy atom.